The SMILES string of the molecule is NC(=O)/C=C/c1cn(Cc2ccc(Br)cc2)c2ccccc12. The van der Waals surface area contributed by atoms with Gasteiger partial charge in [-0.1, -0.05) is 46.3 Å². The second-order valence-electron chi connectivity index (χ2n) is 5.09. The van der Waals surface area contributed by atoms with Crippen LogP contribution in [0.2, 0.25) is 0 Å². The quantitative estimate of drug-likeness (QED) is 0.708. The molecule has 1 heterocycles. The molecule has 0 fully saturated rings. The van der Waals surface area contributed by atoms with Crippen molar-refractivity contribution in [3.05, 3.63) is 76.4 Å². The molecule has 1 aromatic heterocycles. The van der Waals surface area contributed by atoms with Crippen molar-refractivity contribution in [2.24, 2.45) is 5.73 Å². The Morgan fingerprint density at radius 3 is 2.59 bits per heavy atom. The molecule has 3 nitrogen and oxygen atoms in total. The first-order chi connectivity index (χ1) is 10.6. The van der Waals surface area contributed by atoms with Gasteiger partial charge in [-0.2, -0.15) is 0 Å². The lowest BCUT2D eigenvalue weighted by Crippen LogP contribution is -2.05. The summed E-state index contributed by atoms with van der Waals surface area (Å²) in [5.74, 6) is -0.440. The van der Waals surface area contributed by atoms with Crippen LogP contribution in [0.4, 0.5) is 0 Å². The maximum absolute atomic E-state index is 11.0. The van der Waals surface area contributed by atoms with E-state index in [1.54, 1.807) is 6.08 Å². The van der Waals surface area contributed by atoms with Crippen molar-refractivity contribution in [3.8, 4) is 0 Å². The molecular weight excluding hydrogens is 340 g/mol. The number of carbonyl (C=O) groups is 1. The third-order valence-corrected chi connectivity index (χ3v) is 4.04. The third-order valence-electron chi connectivity index (χ3n) is 3.51. The molecule has 110 valence electrons. The summed E-state index contributed by atoms with van der Waals surface area (Å²) in [6.07, 6.45) is 5.21. The van der Waals surface area contributed by atoms with Gasteiger partial charge in [-0.3, -0.25) is 4.79 Å². The summed E-state index contributed by atoms with van der Waals surface area (Å²) in [7, 11) is 0. The number of hydrogen-bond donors (Lipinski definition) is 1. The van der Waals surface area contributed by atoms with Gasteiger partial charge in [-0.15, -0.1) is 0 Å². The molecule has 1 amide bonds. The van der Waals surface area contributed by atoms with Gasteiger partial charge in [0.25, 0.3) is 0 Å². The zero-order valence-corrected chi connectivity index (χ0v) is 13.5. The van der Waals surface area contributed by atoms with E-state index in [2.05, 4.69) is 38.7 Å². The van der Waals surface area contributed by atoms with Gasteiger partial charge < -0.3 is 10.3 Å². The topological polar surface area (TPSA) is 48.0 Å². The average molecular weight is 355 g/mol. The monoisotopic (exact) mass is 354 g/mol. The van der Waals surface area contributed by atoms with E-state index in [9.17, 15) is 4.79 Å². The van der Waals surface area contributed by atoms with Crippen molar-refractivity contribution >= 4 is 38.8 Å². The fourth-order valence-corrected chi connectivity index (χ4v) is 2.76. The number of fused-ring (bicyclic) bond motifs is 1. The average Bonchev–Trinajstić information content (AvgIpc) is 2.86. The first kappa shape index (κ1) is 14.6. The number of aromatic nitrogens is 1. The summed E-state index contributed by atoms with van der Waals surface area (Å²) in [6.45, 7) is 0.776. The number of nitrogens with two attached hydrogens (primary N) is 1. The smallest absolute Gasteiger partial charge is 0.241 e. The largest absolute Gasteiger partial charge is 0.366 e. The van der Waals surface area contributed by atoms with E-state index in [-0.39, 0.29) is 0 Å². The number of halogens is 1. The normalized spacial score (nSPS) is 11.3. The van der Waals surface area contributed by atoms with Gasteiger partial charge in [0.1, 0.15) is 0 Å². The summed E-state index contributed by atoms with van der Waals surface area (Å²) in [5.41, 5.74) is 8.53. The number of rotatable bonds is 4. The fourth-order valence-electron chi connectivity index (χ4n) is 2.50. The van der Waals surface area contributed by atoms with Gasteiger partial charge in [-0.25, -0.2) is 0 Å². The predicted octanol–water partition coefficient (Wildman–Crippen LogP) is 3.95. The van der Waals surface area contributed by atoms with Crippen LogP contribution in [0.15, 0.2) is 65.3 Å². The molecule has 3 aromatic rings. The van der Waals surface area contributed by atoms with E-state index >= 15 is 0 Å². The van der Waals surface area contributed by atoms with Crippen LogP contribution in [0, 0.1) is 0 Å². The summed E-state index contributed by atoms with van der Waals surface area (Å²) in [6, 6.07) is 16.4. The first-order valence-electron chi connectivity index (χ1n) is 6.93. The Morgan fingerprint density at radius 1 is 1.14 bits per heavy atom. The minimum Gasteiger partial charge on any atom is -0.366 e. The molecule has 0 aliphatic heterocycles. The number of carbonyl (C=O) groups excluding carboxylic acids is 1. The van der Waals surface area contributed by atoms with Crippen LogP contribution in [0.5, 0.6) is 0 Å². The van der Waals surface area contributed by atoms with Gasteiger partial charge >= 0.3 is 0 Å². The number of amides is 1. The molecule has 0 saturated heterocycles. The van der Waals surface area contributed by atoms with Crippen LogP contribution in [-0.2, 0) is 11.3 Å². The second-order valence-corrected chi connectivity index (χ2v) is 6.01. The van der Waals surface area contributed by atoms with E-state index < -0.39 is 5.91 Å². The van der Waals surface area contributed by atoms with Gasteiger partial charge in [-0.05, 0) is 29.8 Å². The molecule has 3 rings (SSSR count). The Balaban J connectivity index is 2.02. The van der Waals surface area contributed by atoms with Crippen molar-refractivity contribution in [1.82, 2.24) is 4.57 Å². The van der Waals surface area contributed by atoms with Crippen molar-refractivity contribution < 1.29 is 4.79 Å². The minimum absolute atomic E-state index is 0.440. The highest BCUT2D eigenvalue weighted by Gasteiger charge is 2.06. The molecule has 0 saturated carbocycles. The molecule has 4 heteroatoms. The molecular formula is C18H15BrN2O. The van der Waals surface area contributed by atoms with Crippen LogP contribution >= 0.6 is 15.9 Å². The van der Waals surface area contributed by atoms with Crippen molar-refractivity contribution in [1.29, 1.82) is 0 Å². The fraction of sp³-hybridized carbons (Fsp3) is 0.0556. The Hall–Kier alpha value is -2.33. The van der Waals surface area contributed by atoms with Crippen LogP contribution in [0.1, 0.15) is 11.1 Å². The molecule has 0 spiro atoms. The van der Waals surface area contributed by atoms with E-state index in [4.69, 9.17) is 5.73 Å². The predicted molar refractivity (Wildman–Crippen MR) is 93.4 cm³/mol. The molecule has 2 N–H and O–H groups in total. The highest BCUT2D eigenvalue weighted by molar-refractivity contribution is 9.10. The summed E-state index contributed by atoms with van der Waals surface area (Å²) in [5, 5.41) is 1.11. The molecule has 0 radical (unpaired) electrons. The highest BCUT2D eigenvalue weighted by Crippen LogP contribution is 2.24. The van der Waals surface area contributed by atoms with E-state index in [1.807, 2.05) is 36.5 Å². The Bertz CT molecular complexity index is 847. The number of primary amides is 1. The van der Waals surface area contributed by atoms with Crippen molar-refractivity contribution in [2.45, 2.75) is 6.54 Å². The van der Waals surface area contributed by atoms with Gasteiger partial charge in [0, 0.05) is 39.8 Å². The molecule has 2 aromatic carbocycles. The van der Waals surface area contributed by atoms with Crippen molar-refractivity contribution in [3.63, 3.8) is 0 Å². The zero-order chi connectivity index (χ0) is 15.5. The Morgan fingerprint density at radius 2 is 1.86 bits per heavy atom. The summed E-state index contributed by atoms with van der Waals surface area (Å²) in [4.78, 5) is 11.0. The number of benzene rings is 2. The van der Waals surface area contributed by atoms with Gasteiger partial charge in [0.15, 0.2) is 0 Å². The molecule has 0 aliphatic rings. The lowest BCUT2D eigenvalue weighted by Gasteiger charge is -2.05. The van der Waals surface area contributed by atoms with Crippen LogP contribution in [-0.4, -0.2) is 10.5 Å². The van der Waals surface area contributed by atoms with Crippen LogP contribution < -0.4 is 5.73 Å². The lowest BCUT2D eigenvalue weighted by molar-refractivity contribution is -0.113. The van der Waals surface area contributed by atoms with E-state index in [0.717, 1.165) is 27.5 Å². The van der Waals surface area contributed by atoms with Crippen molar-refractivity contribution in [2.75, 3.05) is 0 Å². The molecule has 0 atom stereocenters. The third kappa shape index (κ3) is 3.12. The first-order valence-corrected chi connectivity index (χ1v) is 7.72. The summed E-state index contributed by atoms with van der Waals surface area (Å²) < 4.78 is 3.25. The summed E-state index contributed by atoms with van der Waals surface area (Å²) >= 11 is 3.45. The van der Waals surface area contributed by atoms with Crippen LogP contribution in [0.3, 0.4) is 0 Å². The second kappa shape index (κ2) is 6.20. The van der Waals surface area contributed by atoms with Gasteiger partial charge in [0.2, 0.25) is 5.91 Å². The lowest BCUT2D eigenvalue weighted by atomic mass is 10.1. The minimum atomic E-state index is -0.440. The van der Waals surface area contributed by atoms with Gasteiger partial charge in [0.05, 0.1) is 0 Å². The van der Waals surface area contributed by atoms with E-state index in [0.29, 0.717) is 0 Å². The highest BCUT2D eigenvalue weighted by atomic mass is 79.9. The molecule has 0 bridgehead atoms. The van der Waals surface area contributed by atoms with E-state index in [1.165, 1.54) is 11.6 Å². The van der Waals surface area contributed by atoms with Crippen LogP contribution in [0.25, 0.3) is 17.0 Å². The maximum Gasteiger partial charge on any atom is 0.241 e. The molecule has 0 aliphatic carbocycles. The Kier molecular flexibility index (Phi) is 4.11. The zero-order valence-electron chi connectivity index (χ0n) is 11.9. The molecule has 22 heavy (non-hydrogen) atoms. The maximum atomic E-state index is 11.0. The number of nitrogens with zero attached hydrogens (tertiary/aromatic N) is 1. The Labute approximate surface area is 137 Å². The number of para-hydroxylation sites is 1. The molecule has 0 unspecified atom stereocenters. The number of hydrogen-bond acceptors (Lipinski definition) is 1. The standard InChI is InChI=1S/C18H15BrN2O/c19-15-8-5-13(6-9-15)11-21-12-14(7-10-18(20)22)16-3-1-2-4-17(16)21/h1-10,12H,11H2,(H2,20,22)/b10-7+.